The van der Waals surface area contributed by atoms with E-state index in [4.69, 9.17) is 5.73 Å². The van der Waals surface area contributed by atoms with Crippen molar-refractivity contribution in [2.24, 2.45) is 5.73 Å². The first kappa shape index (κ1) is 16.4. The van der Waals surface area contributed by atoms with E-state index < -0.39 is 5.54 Å². The standard InChI is InChI=1S/C18H25N3O/c1-6-9-21-17(22)15(18(4,5)19)11-16(20-21)14-8-7-12(2)10-13(14)3/h7-8,10-11H,6,9,19H2,1-5H3. The van der Waals surface area contributed by atoms with Gasteiger partial charge >= 0.3 is 0 Å². The molecule has 2 rings (SSSR count). The molecule has 0 radical (unpaired) electrons. The first-order chi connectivity index (χ1) is 10.2. The molecule has 2 N–H and O–H groups in total. The summed E-state index contributed by atoms with van der Waals surface area (Å²) in [5.41, 5.74) is 10.2. The van der Waals surface area contributed by atoms with Crippen LogP contribution in [0.1, 0.15) is 43.9 Å². The minimum absolute atomic E-state index is 0.0946. The minimum Gasteiger partial charge on any atom is -0.322 e. The molecule has 0 spiro atoms. The number of benzene rings is 1. The highest BCUT2D eigenvalue weighted by atomic mass is 16.1. The molecule has 0 bridgehead atoms. The van der Waals surface area contributed by atoms with Crippen molar-refractivity contribution in [2.45, 2.75) is 53.1 Å². The van der Waals surface area contributed by atoms with Gasteiger partial charge in [0.15, 0.2) is 0 Å². The van der Waals surface area contributed by atoms with E-state index in [0.717, 1.165) is 23.2 Å². The number of aromatic nitrogens is 2. The second-order valence-corrected chi connectivity index (χ2v) is 6.51. The van der Waals surface area contributed by atoms with Crippen LogP contribution in [0.25, 0.3) is 11.3 Å². The molecule has 0 fully saturated rings. The summed E-state index contributed by atoms with van der Waals surface area (Å²) in [5, 5.41) is 4.55. The average molecular weight is 299 g/mol. The average Bonchev–Trinajstić information content (AvgIpc) is 2.40. The van der Waals surface area contributed by atoms with Crippen molar-refractivity contribution in [3.8, 4) is 11.3 Å². The topological polar surface area (TPSA) is 60.9 Å². The van der Waals surface area contributed by atoms with E-state index in [0.29, 0.717) is 12.1 Å². The fourth-order valence-electron chi connectivity index (χ4n) is 2.60. The zero-order valence-electron chi connectivity index (χ0n) is 14.1. The largest absolute Gasteiger partial charge is 0.322 e. The Bertz CT molecular complexity index is 739. The monoisotopic (exact) mass is 299 g/mol. The molecule has 0 saturated carbocycles. The quantitative estimate of drug-likeness (QED) is 0.943. The Morgan fingerprint density at radius 3 is 2.45 bits per heavy atom. The molecule has 0 aliphatic carbocycles. The van der Waals surface area contributed by atoms with Crippen LogP contribution in [0.3, 0.4) is 0 Å². The number of hydrogen-bond donors (Lipinski definition) is 1. The highest BCUT2D eigenvalue weighted by Crippen LogP contribution is 2.24. The predicted molar refractivity (Wildman–Crippen MR) is 90.9 cm³/mol. The number of nitrogens with zero attached hydrogens (tertiary/aromatic N) is 2. The van der Waals surface area contributed by atoms with Crippen LogP contribution in [-0.2, 0) is 12.1 Å². The van der Waals surface area contributed by atoms with Crippen LogP contribution in [0, 0.1) is 13.8 Å². The van der Waals surface area contributed by atoms with Crippen molar-refractivity contribution >= 4 is 0 Å². The Morgan fingerprint density at radius 1 is 1.23 bits per heavy atom. The lowest BCUT2D eigenvalue weighted by molar-refractivity contribution is 0.507. The van der Waals surface area contributed by atoms with Crippen LogP contribution < -0.4 is 11.3 Å². The van der Waals surface area contributed by atoms with E-state index in [1.165, 1.54) is 5.56 Å². The van der Waals surface area contributed by atoms with E-state index in [1.54, 1.807) is 4.68 Å². The van der Waals surface area contributed by atoms with Gasteiger partial charge in [0.05, 0.1) is 5.69 Å². The molecular weight excluding hydrogens is 274 g/mol. The molecule has 1 heterocycles. The van der Waals surface area contributed by atoms with Gasteiger partial charge in [-0.3, -0.25) is 4.79 Å². The molecule has 22 heavy (non-hydrogen) atoms. The maximum Gasteiger partial charge on any atom is 0.271 e. The smallest absolute Gasteiger partial charge is 0.271 e. The van der Waals surface area contributed by atoms with Crippen LogP contribution in [0.4, 0.5) is 0 Å². The van der Waals surface area contributed by atoms with Gasteiger partial charge in [-0.15, -0.1) is 0 Å². The molecule has 2 aromatic rings. The van der Waals surface area contributed by atoms with Gasteiger partial charge in [-0.2, -0.15) is 5.10 Å². The van der Waals surface area contributed by atoms with E-state index in [9.17, 15) is 4.79 Å². The highest BCUT2D eigenvalue weighted by molar-refractivity contribution is 5.64. The summed E-state index contributed by atoms with van der Waals surface area (Å²) < 4.78 is 1.54. The first-order valence-electron chi connectivity index (χ1n) is 7.73. The summed E-state index contributed by atoms with van der Waals surface area (Å²) in [7, 11) is 0. The molecule has 0 amide bonds. The lowest BCUT2D eigenvalue weighted by atomic mass is 9.94. The maximum atomic E-state index is 12.5. The van der Waals surface area contributed by atoms with Crippen molar-refractivity contribution in [1.82, 2.24) is 9.78 Å². The van der Waals surface area contributed by atoms with E-state index in [-0.39, 0.29) is 5.56 Å². The third-order valence-corrected chi connectivity index (χ3v) is 3.76. The zero-order chi connectivity index (χ0) is 16.5. The zero-order valence-corrected chi connectivity index (χ0v) is 14.1. The normalized spacial score (nSPS) is 11.7. The number of hydrogen-bond acceptors (Lipinski definition) is 3. The molecule has 0 atom stereocenters. The summed E-state index contributed by atoms with van der Waals surface area (Å²) in [6.07, 6.45) is 0.855. The summed E-state index contributed by atoms with van der Waals surface area (Å²) in [4.78, 5) is 12.5. The van der Waals surface area contributed by atoms with E-state index in [2.05, 4.69) is 37.1 Å². The Hall–Kier alpha value is -1.94. The van der Waals surface area contributed by atoms with Gasteiger partial charge < -0.3 is 5.73 Å². The Balaban J connectivity index is 2.71. The van der Waals surface area contributed by atoms with Crippen LogP contribution >= 0.6 is 0 Å². The number of aryl methyl sites for hydroxylation is 3. The lowest BCUT2D eigenvalue weighted by Gasteiger charge is -2.21. The minimum atomic E-state index is -0.692. The van der Waals surface area contributed by atoms with Crippen molar-refractivity contribution in [1.29, 1.82) is 0 Å². The third-order valence-electron chi connectivity index (χ3n) is 3.76. The maximum absolute atomic E-state index is 12.5. The lowest BCUT2D eigenvalue weighted by Crippen LogP contribution is -2.39. The van der Waals surface area contributed by atoms with Crippen LogP contribution in [0.5, 0.6) is 0 Å². The summed E-state index contributed by atoms with van der Waals surface area (Å²) in [5.74, 6) is 0. The van der Waals surface area contributed by atoms with Gasteiger partial charge in [0, 0.05) is 23.2 Å². The van der Waals surface area contributed by atoms with E-state index >= 15 is 0 Å². The fraction of sp³-hybridized carbons (Fsp3) is 0.444. The van der Waals surface area contributed by atoms with Gasteiger partial charge in [0.1, 0.15) is 0 Å². The van der Waals surface area contributed by atoms with E-state index in [1.807, 2.05) is 26.8 Å². The van der Waals surface area contributed by atoms with Crippen molar-refractivity contribution in [3.05, 3.63) is 51.3 Å². The Kier molecular flexibility index (Phi) is 4.52. The molecule has 0 aliphatic rings. The molecule has 1 aromatic heterocycles. The summed E-state index contributed by atoms with van der Waals surface area (Å²) in [6, 6.07) is 8.08. The van der Waals surface area contributed by atoms with Gasteiger partial charge in [-0.25, -0.2) is 4.68 Å². The SMILES string of the molecule is CCCn1nc(-c2ccc(C)cc2C)cc(C(C)(C)N)c1=O. The van der Waals surface area contributed by atoms with Gasteiger partial charge in [0.25, 0.3) is 5.56 Å². The summed E-state index contributed by atoms with van der Waals surface area (Å²) >= 11 is 0. The van der Waals surface area contributed by atoms with Crippen LogP contribution in [0.15, 0.2) is 29.1 Å². The molecule has 4 heteroatoms. The molecule has 4 nitrogen and oxygen atoms in total. The van der Waals surface area contributed by atoms with Crippen molar-refractivity contribution in [2.75, 3.05) is 0 Å². The third kappa shape index (κ3) is 3.28. The first-order valence-corrected chi connectivity index (χ1v) is 7.73. The van der Waals surface area contributed by atoms with Gasteiger partial charge in [-0.1, -0.05) is 30.7 Å². The molecule has 0 aliphatic heterocycles. The Morgan fingerprint density at radius 2 is 1.91 bits per heavy atom. The summed E-state index contributed by atoms with van der Waals surface area (Å²) in [6.45, 7) is 10.5. The second kappa shape index (κ2) is 6.05. The van der Waals surface area contributed by atoms with Crippen molar-refractivity contribution in [3.63, 3.8) is 0 Å². The van der Waals surface area contributed by atoms with Crippen LogP contribution in [0.2, 0.25) is 0 Å². The number of rotatable bonds is 4. The van der Waals surface area contributed by atoms with Gasteiger partial charge in [0.2, 0.25) is 0 Å². The van der Waals surface area contributed by atoms with Crippen LogP contribution in [-0.4, -0.2) is 9.78 Å². The molecule has 0 saturated heterocycles. The fourth-order valence-corrected chi connectivity index (χ4v) is 2.60. The Labute approximate surface area is 132 Å². The molecule has 118 valence electrons. The molecular formula is C18H25N3O. The van der Waals surface area contributed by atoms with Crippen molar-refractivity contribution < 1.29 is 0 Å². The van der Waals surface area contributed by atoms with Gasteiger partial charge in [-0.05, 0) is 45.7 Å². The number of nitrogens with two attached hydrogens (primary N) is 1. The predicted octanol–water partition coefficient (Wildman–Crippen LogP) is 3.13. The highest BCUT2D eigenvalue weighted by Gasteiger charge is 2.22. The second-order valence-electron chi connectivity index (χ2n) is 6.51. The molecule has 1 aromatic carbocycles. The molecule has 0 unspecified atom stereocenters.